The molecule has 194 valence electrons. The predicted octanol–water partition coefficient (Wildman–Crippen LogP) is -4.52. The molecule has 34 heavy (non-hydrogen) atoms. The Bertz CT molecular complexity index is 761. The SMILES string of the molecule is CC(O)C(NC(=O)C(N)CS)C(=O)NC(CCCN=C(N)N)C(=O)NC(CCC(N)=O)C(=O)O. The number of carboxylic acids is 1. The molecular formula is C18H34N8O7S. The van der Waals surface area contributed by atoms with Crippen LogP contribution in [0.4, 0.5) is 0 Å². The number of thiol groups is 1. The topological polar surface area (TPSA) is 278 Å². The summed E-state index contributed by atoms with van der Waals surface area (Å²) in [7, 11) is 0. The van der Waals surface area contributed by atoms with Gasteiger partial charge in [0.2, 0.25) is 23.6 Å². The number of primary amides is 1. The summed E-state index contributed by atoms with van der Waals surface area (Å²) >= 11 is 3.90. The molecule has 0 saturated carbocycles. The standard InChI is InChI=1S/C18H34N8O7S/c1-8(27)13(26-14(29)9(19)7-34)16(31)24-10(3-2-6-23-18(21)22)15(30)25-11(17(32)33)4-5-12(20)28/h8-11,13,27,34H,2-7,19H2,1H3,(H2,20,28)(H,24,31)(H,25,30)(H,26,29)(H,32,33)(H4,21,22,23). The second kappa shape index (κ2) is 15.7. The number of carboxylic acid groups (broad SMARTS) is 1. The van der Waals surface area contributed by atoms with E-state index in [1.165, 1.54) is 6.92 Å². The van der Waals surface area contributed by atoms with E-state index in [4.69, 9.17) is 22.9 Å². The smallest absolute Gasteiger partial charge is 0.326 e. The monoisotopic (exact) mass is 506 g/mol. The van der Waals surface area contributed by atoms with E-state index in [-0.39, 0.29) is 43.9 Å². The molecule has 4 amide bonds. The Morgan fingerprint density at radius 2 is 1.53 bits per heavy atom. The van der Waals surface area contributed by atoms with Gasteiger partial charge in [-0.15, -0.1) is 0 Å². The van der Waals surface area contributed by atoms with Crippen LogP contribution < -0.4 is 38.9 Å². The number of aliphatic carboxylic acids is 1. The molecule has 0 aliphatic rings. The molecule has 0 saturated heterocycles. The number of aliphatic hydroxyl groups excluding tert-OH is 1. The van der Waals surface area contributed by atoms with Crippen molar-refractivity contribution in [2.75, 3.05) is 12.3 Å². The molecule has 0 fully saturated rings. The van der Waals surface area contributed by atoms with Gasteiger partial charge in [-0.1, -0.05) is 0 Å². The van der Waals surface area contributed by atoms with E-state index in [2.05, 4.69) is 33.6 Å². The van der Waals surface area contributed by atoms with Gasteiger partial charge in [-0.3, -0.25) is 24.2 Å². The van der Waals surface area contributed by atoms with E-state index in [9.17, 15) is 34.2 Å². The summed E-state index contributed by atoms with van der Waals surface area (Å²) in [5, 5.41) is 26.2. The molecule has 0 aliphatic carbocycles. The molecule has 0 spiro atoms. The second-order valence-corrected chi connectivity index (χ2v) is 7.80. The second-order valence-electron chi connectivity index (χ2n) is 7.43. The molecule has 0 bridgehead atoms. The summed E-state index contributed by atoms with van der Waals surface area (Å²) in [6.45, 7) is 1.36. The fraction of sp³-hybridized carbons (Fsp3) is 0.667. The maximum atomic E-state index is 12.8. The van der Waals surface area contributed by atoms with Crippen LogP contribution in [0.3, 0.4) is 0 Å². The zero-order valence-corrected chi connectivity index (χ0v) is 19.7. The quantitative estimate of drug-likeness (QED) is 0.0414. The van der Waals surface area contributed by atoms with Gasteiger partial charge in [0.05, 0.1) is 12.1 Å². The highest BCUT2D eigenvalue weighted by Gasteiger charge is 2.32. The first-order valence-electron chi connectivity index (χ1n) is 10.3. The van der Waals surface area contributed by atoms with E-state index < -0.39 is 59.9 Å². The van der Waals surface area contributed by atoms with Crippen molar-refractivity contribution in [1.82, 2.24) is 16.0 Å². The lowest BCUT2D eigenvalue weighted by Gasteiger charge is -2.26. The Morgan fingerprint density at radius 3 is 2.00 bits per heavy atom. The van der Waals surface area contributed by atoms with Crippen molar-refractivity contribution in [3.63, 3.8) is 0 Å². The van der Waals surface area contributed by atoms with E-state index >= 15 is 0 Å². The number of hydrogen-bond donors (Lipinski definition) is 10. The number of amides is 4. The van der Waals surface area contributed by atoms with Crippen molar-refractivity contribution >= 4 is 48.2 Å². The van der Waals surface area contributed by atoms with Crippen molar-refractivity contribution in [3.05, 3.63) is 0 Å². The third-order valence-electron chi connectivity index (χ3n) is 4.47. The number of carbonyl (C=O) groups is 5. The molecule has 13 N–H and O–H groups in total. The fourth-order valence-electron chi connectivity index (χ4n) is 2.60. The molecule has 0 aromatic carbocycles. The highest BCUT2D eigenvalue weighted by molar-refractivity contribution is 7.80. The average Bonchev–Trinajstić information content (AvgIpc) is 2.74. The van der Waals surface area contributed by atoms with Crippen LogP contribution in [-0.4, -0.2) is 88.3 Å². The minimum absolute atomic E-state index is 0.0162. The van der Waals surface area contributed by atoms with Crippen molar-refractivity contribution < 1.29 is 34.2 Å². The van der Waals surface area contributed by atoms with Crippen LogP contribution in [0, 0.1) is 0 Å². The van der Waals surface area contributed by atoms with E-state index in [1.54, 1.807) is 0 Å². The number of nitrogens with one attached hydrogen (secondary N) is 3. The Kier molecular flexibility index (Phi) is 14.2. The van der Waals surface area contributed by atoms with Crippen LogP contribution in [0.25, 0.3) is 0 Å². The number of rotatable bonds is 16. The van der Waals surface area contributed by atoms with E-state index in [1.807, 2.05) is 0 Å². The largest absolute Gasteiger partial charge is 0.480 e. The Balaban J connectivity index is 5.54. The molecule has 0 aromatic rings. The summed E-state index contributed by atoms with van der Waals surface area (Å²) in [5.41, 5.74) is 21.1. The minimum atomic E-state index is -1.46. The molecule has 16 heteroatoms. The fourth-order valence-corrected chi connectivity index (χ4v) is 2.76. The maximum absolute atomic E-state index is 12.8. The molecule has 0 heterocycles. The molecular weight excluding hydrogens is 472 g/mol. The van der Waals surface area contributed by atoms with Crippen LogP contribution in [0.2, 0.25) is 0 Å². The molecule has 0 rings (SSSR count). The number of aliphatic hydroxyl groups is 1. The van der Waals surface area contributed by atoms with Crippen LogP contribution in [0.1, 0.15) is 32.6 Å². The molecule has 5 atom stereocenters. The molecule has 0 radical (unpaired) electrons. The lowest BCUT2D eigenvalue weighted by molar-refractivity contribution is -0.142. The van der Waals surface area contributed by atoms with E-state index in [0.29, 0.717) is 0 Å². The van der Waals surface area contributed by atoms with Gasteiger partial charge in [0.25, 0.3) is 0 Å². The van der Waals surface area contributed by atoms with Gasteiger partial charge in [0, 0.05) is 18.7 Å². The predicted molar refractivity (Wildman–Crippen MR) is 125 cm³/mol. The molecule has 0 aromatic heterocycles. The Morgan fingerprint density at radius 1 is 0.941 bits per heavy atom. The van der Waals surface area contributed by atoms with Crippen molar-refractivity contribution in [1.29, 1.82) is 0 Å². The van der Waals surface area contributed by atoms with Gasteiger partial charge < -0.3 is 49.1 Å². The average molecular weight is 507 g/mol. The lowest BCUT2D eigenvalue weighted by Crippen LogP contribution is -2.60. The maximum Gasteiger partial charge on any atom is 0.326 e. The van der Waals surface area contributed by atoms with E-state index in [0.717, 1.165) is 0 Å². The number of nitrogens with two attached hydrogens (primary N) is 4. The van der Waals surface area contributed by atoms with Crippen LogP contribution in [0.15, 0.2) is 4.99 Å². The summed E-state index contributed by atoms with van der Waals surface area (Å²) in [4.78, 5) is 63.7. The number of nitrogens with zero attached hydrogens (tertiary/aromatic N) is 1. The lowest BCUT2D eigenvalue weighted by atomic mass is 10.1. The number of carbonyl (C=O) groups excluding carboxylic acids is 4. The third kappa shape index (κ3) is 12.2. The van der Waals surface area contributed by atoms with Gasteiger partial charge in [-0.05, 0) is 26.2 Å². The first-order valence-corrected chi connectivity index (χ1v) is 11.0. The molecule has 15 nitrogen and oxygen atoms in total. The van der Waals surface area contributed by atoms with Crippen LogP contribution >= 0.6 is 12.6 Å². The van der Waals surface area contributed by atoms with Gasteiger partial charge in [-0.2, -0.15) is 12.6 Å². The van der Waals surface area contributed by atoms with Gasteiger partial charge >= 0.3 is 5.97 Å². The Labute approximate surface area is 201 Å². The third-order valence-corrected chi connectivity index (χ3v) is 4.86. The summed E-state index contributed by atoms with van der Waals surface area (Å²) in [6.07, 6.45) is -1.72. The van der Waals surface area contributed by atoms with Crippen molar-refractivity contribution in [3.8, 4) is 0 Å². The molecule has 0 aliphatic heterocycles. The Hall–Kier alpha value is -3.11. The van der Waals surface area contributed by atoms with Crippen LogP contribution in [-0.2, 0) is 24.0 Å². The highest BCUT2D eigenvalue weighted by Crippen LogP contribution is 2.05. The van der Waals surface area contributed by atoms with Crippen molar-refractivity contribution in [2.24, 2.45) is 27.9 Å². The number of aliphatic imine (C=N–C) groups is 1. The molecule has 5 unspecified atom stereocenters. The van der Waals surface area contributed by atoms with Crippen LogP contribution in [0.5, 0.6) is 0 Å². The van der Waals surface area contributed by atoms with Crippen molar-refractivity contribution in [2.45, 2.75) is 62.9 Å². The summed E-state index contributed by atoms with van der Waals surface area (Å²) in [5.74, 6) is -4.90. The minimum Gasteiger partial charge on any atom is -0.480 e. The van der Waals surface area contributed by atoms with Gasteiger partial charge in [0.15, 0.2) is 5.96 Å². The zero-order chi connectivity index (χ0) is 26.4. The highest BCUT2D eigenvalue weighted by atomic mass is 32.1. The first kappa shape index (κ1) is 30.9. The first-order chi connectivity index (χ1) is 15.8. The van der Waals surface area contributed by atoms with Gasteiger partial charge in [0.1, 0.15) is 18.1 Å². The summed E-state index contributed by atoms with van der Waals surface area (Å²) in [6, 6.07) is -5.24. The normalized spacial score (nSPS) is 15.1. The number of guanidine groups is 1. The summed E-state index contributed by atoms with van der Waals surface area (Å²) < 4.78 is 0. The zero-order valence-electron chi connectivity index (χ0n) is 18.8. The van der Waals surface area contributed by atoms with Gasteiger partial charge in [-0.25, -0.2) is 4.79 Å². The number of hydrogen-bond acceptors (Lipinski definition) is 9.